The monoisotopic (exact) mass is 287 g/mol. The average molecular weight is 288 g/mol. The summed E-state index contributed by atoms with van der Waals surface area (Å²) < 4.78 is 5.64. The molecule has 0 amide bonds. The number of halogens is 1. The lowest BCUT2D eigenvalue weighted by atomic mass is 10.1. The number of hydrogen-bond acceptors (Lipinski definition) is 4. The Balaban J connectivity index is 2.09. The molecular formula is C15H14ClN3O. The highest BCUT2D eigenvalue weighted by atomic mass is 35.5. The van der Waals surface area contributed by atoms with Gasteiger partial charge in [-0.1, -0.05) is 23.7 Å². The van der Waals surface area contributed by atoms with Crippen LogP contribution < -0.4 is 10.5 Å². The van der Waals surface area contributed by atoms with Crippen LogP contribution >= 0.6 is 11.6 Å². The second kappa shape index (κ2) is 6.90. The maximum absolute atomic E-state index is 8.96. The number of hydrogen-bond donors (Lipinski definition) is 1. The molecule has 5 heteroatoms. The van der Waals surface area contributed by atoms with E-state index in [1.165, 1.54) is 0 Å². The van der Waals surface area contributed by atoms with Crippen LogP contribution in [0.5, 0.6) is 5.75 Å². The largest absolute Gasteiger partial charge is 0.487 e. The topological polar surface area (TPSA) is 71.9 Å². The third-order valence-electron chi connectivity index (χ3n) is 2.81. The Morgan fingerprint density at radius 2 is 2.20 bits per heavy atom. The molecule has 4 nitrogen and oxygen atoms in total. The van der Waals surface area contributed by atoms with Gasteiger partial charge in [0.05, 0.1) is 5.02 Å². The van der Waals surface area contributed by atoms with E-state index in [0.29, 0.717) is 23.0 Å². The molecule has 0 aliphatic rings. The smallest absolute Gasteiger partial charge is 0.147 e. The number of rotatable bonds is 5. The van der Waals surface area contributed by atoms with Gasteiger partial charge in [-0.05, 0) is 36.7 Å². The van der Waals surface area contributed by atoms with Gasteiger partial charge in [-0.3, -0.25) is 0 Å². The SMILES string of the molecule is N#Cc1ncccc1COc1ccc(CCN)cc1Cl. The second-order valence-electron chi connectivity index (χ2n) is 4.22. The summed E-state index contributed by atoms with van der Waals surface area (Å²) >= 11 is 6.16. The molecule has 20 heavy (non-hydrogen) atoms. The lowest BCUT2D eigenvalue weighted by Gasteiger charge is -2.10. The predicted octanol–water partition coefficient (Wildman–Crippen LogP) is 2.69. The minimum atomic E-state index is 0.257. The molecule has 1 aromatic heterocycles. The lowest BCUT2D eigenvalue weighted by molar-refractivity contribution is 0.305. The highest BCUT2D eigenvalue weighted by Gasteiger charge is 2.06. The van der Waals surface area contributed by atoms with Crippen molar-refractivity contribution in [2.24, 2.45) is 5.73 Å². The van der Waals surface area contributed by atoms with Crippen molar-refractivity contribution >= 4 is 11.6 Å². The summed E-state index contributed by atoms with van der Waals surface area (Å²) in [7, 11) is 0. The average Bonchev–Trinajstić information content (AvgIpc) is 2.47. The maximum Gasteiger partial charge on any atom is 0.147 e. The minimum Gasteiger partial charge on any atom is -0.487 e. The summed E-state index contributed by atoms with van der Waals surface area (Å²) in [5.41, 5.74) is 7.67. The van der Waals surface area contributed by atoms with Crippen LogP contribution in [0.2, 0.25) is 5.02 Å². The molecule has 0 fully saturated rings. The number of nitrogens with two attached hydrogens (primary N) is 1. The molecule has 0 bridgehead atoms. The zero-order valence-corrected chi connectivity index (χ0v) is 11.6. The zero-order valence-electron chi connectivity index (χ0n) is 10.8. The standard InChI is InChI=1S/C15H14ClN3O/c16-13-8-11(5-6-17)3-4-15(13)20-10-12-2-1-7-19-14(12)9-18/h1-4,7-8H,5-6,10,17H2. The van der Waals surface area contributed by atoms with E-state index >= 15 is 0 Å². The first-order chi connectivity index (χ1) is 9.74. The molecule has 2 aromatic rings. The van der Waals surface area contributed by atoms with Crippen LogP contribution in [0.3, 0.4) is 0 Å². The Morgan fingerprint density at radius 1 is 1.35 bits per heavy atom. The van der Waals surface area contributed by atoms with Gasteiger partial charge in [0.25, 0.3) is 0 Å². The number of nitriles is 1. The number of aromatic nitrogens is 1. The van der Waals surface area contributed by atoms with Crippen LogP contribution in [0.4, 0.5) is 0 Å². The fourth-order valence-electron chi connectivity index (χ4n) is 1.79. The van der Waals surface area contributed by atoms with E-state index in [4.69, 9.17) is 27.3 Å². The molecule has 0 unspecified atom stereocenters. The Kier molecular flexibility index (Phi) is 4.94. The summed E-state index contributed by atoms with van der Waals surface area (Å²) in [4.78, 5) is 3.98. The molecule has 1 heterocycles. The van der Waals surface area contributed by atoms with Gasteiger partial charge in [-0.25, -0.2) is 4.98 Å². The number of ether oxygens (including phenoxy) is 1. The van der Waals surface area contributed by atoms with E-state index in [1.54, 1.807) is 12.3 Å². The number of benzene rings is 1. The van der Waals surface area contributed by atoms with E-state index in [1.807, 2.05) is 30.3 Å². The highest BCUT2D eigenvalue weighted by molar-refractivity contribution is 6.32. The number of pyridine rings is 1. The molecule has 0 aliphatic carbocycles. The van der Waals surface area contributed by atoms with Crippen LogP contribution in [0, 0.1) is 11.3 Å². The third-order valence-corrected chi connectivity index (χ3v) is 3.11. The van der Waals surface area contributed by atoms with Gasteiger partial charge in [0.2, 0.25) is 0 Å². The molecule has 0 saturated heterocycles. The normalized spacial score (nSPS) is 10.1. The Hall–Kier alpha value is -2.09. The number of nitrogens with zero attached hydrogens (tertiary/aromatic N) is 2. The Labute approximate surface area is 122 Å². The minimum absolute atomic E-state index is 0.257. The lowest BCUT2D eigenvalue weighted by Crippen LogP contribution is -2.03. The van der Waals surface area contributed by atoms with Crippen molar-refractivity contribution < 1.29 is 4.74 Å². The van der Waals surface area contributed by atoms with Gasteiger partial charge in [0, 0.05) is 11.8 Å². The molecule has 2 N–H and O–H groups in total. The first kappa shape index (κ1) is 14.3. The van der Waals surface area contributed by atoms with Crippen molar-refractivity contribution in [3.05, 3.63) is 58.4 Å². The fraction of sp³-hybridized carbons (Fsp3) is 0.200. The Bertz CT molecular complexity index is 637. The van der Waals surface area contributed by atoms with Gasteiger partial charge in [0.1, 0.15) is 24.1 Å². The van der Waals surface area contributed by atoms with E-state index in [0.717, 1.165) is 17.5 Å². The summed E-state index contributed by atoms with van der Waals surface area (Å²) in [5, 5.41) is 9.50. The van der Waals surface area contributed by atoms with Gasteiger partial charge >= 0.3 is 0 Å². The van der Waals surface area contributed by atoms with Crippen molar-refractivity contribution in [1.82, 2.24) is 4.98 Å². The molecule has 0 radical (unpaired) electrons. The summed E-state index contributed by atoms with van der Waals surface area (Å²) in [6, 6.07) is 11.2. The first-order valence-electron chi connectivity index (χ1n) is 6.20. The van der Waals surface area contributed by atoms with Crippen molar-refractivity contribution in [3.63, 3.8) is 0 Å². The summed E-state index contributed by atoms with van der Waals surface area (Å²) in [6.45, 7) is 0.838. The first-order valence-corrected chi connectivity index (χ1v) is 6.57. The quantitative estimate of drug-likeness (QED) is 0.918. The van der Waals surface area contributed by atoms with Gasteiger partial charge in [0.15, 0.2) is 0 Å². The zero-order chi connectivity index (χ0) is 14.4. The van der Waals surface area contributed by atoms with Crippen LogP contribution in [-0.2, 0) is 13.0 Å². The predicted molar refractivity (Wildman–Crippen MR) is 77.5 cm³/mol. The van der Waals surface area contributed by atoms with E-state index in [9.17, 15) is 0 Å². The van der Waals surface area contributed by atoms with Crippen molar-refractivity contribution in [3.8, 4) is 11.8 Å². The van der Waals surface area contributed by atoms with Crippen LogP contribution in [0.25, 0.3) is 0 Å². The fourth-order valence-corrected chi connectivity index (χ4v) is 2.05. The summed E-state index contributed by atoms with van der Waals surface area (Å²) in [6.07, 6.45) is 2.36. The van der Waals surface area contributed by atoms with E-state index < -0.39 is 0 Å². The molecule has 1 aromatic carbocycles. The molecular weight excluding hydrogens is 274 g/mol. The van der Waals surface area contributed by atoms with Crippen LogP contribution in [-0.4, -0.2) is 11.5 Å². The van der Waals surface area contributed by atoms with Crippen LogP contribution in [0.15, 0.2) is 36.5 Å². The van der Waals surface area contributed by atoms with E-state index in [2.05, 4.69) is 4.98 Å². The van der Waals surface area contributed by atoms with Crippen molar-refractivity contribution in [1.29, 1.82) is 5.26 Å². The Morgan fingerprint density at radius 3 is 2.90 bits per heavy atom. The maximum atomic E-state index is 8.96. The molecule has 2 rings (SSSR count). The highest BCUT2D eigenvalue weighted by Crippen LogP contribution is 2.26. The van der Waals surface area contributed by atoms with Crippen LogP contribution in [0.1, 0.15) is 16.8 Å². The van der Waals surface area contributed by atoms with Crippen molar-refractivity contribution in [2.45, 2.75) is 13.0 Å². The van der Waals surface area contributed by atoms with Gasteiger partial charge in [-0.2, -0.15) is 5.26 Å². The second-order valence-corrected chi connectivity index (χ2v) is 4.62. The van der Waals surface area contributed by atoms with E-state index in [-0.39, 0.29) is 6.61 Å². The van der Waals surface area contributed by atoms with Crippen molar-refractivity contribution in [2.75, 3.05) is 6.54 Å². The molecule has 0 atom stereocenters. The molecule has 0 saturated carbocycles. The molecule has 102 valence electrons. The molecule has 0 aliphatic heterocycles. The third kappa shape index (κ3) is 3.47. The van der Waals surface area contributed by atoms with Gasteiger partial charge < -0.3 is 10.5 Å². The molecule has 0 spiro atoms. The van der Waals surface area contributed by atoms with Gasteiger partial charge in [-0.15, -0.1) is 0 Å². The summed E-state index contributed by atoms with van der Waals surface area (Å²) in [5.74, 6) is 0.584.